The standard InChI is InChI=1S/C15H22FNOS/c1-4-7-17-15-10(2)8-19-9-11-13(18-3)6-5-12(16)14(11)15/h5-6,10,15,17H,4,7-9H2,1-3H3. The Labute approximate surface area is 119 Å². The van der Waals surface area contributed by atoms with Crippen molar-refractivity contribution < 1.29 is 9.13 Å². The third-order valence-corrected chi connectivity index (χ3v) is 4.86. The van der Waals surface area contributed by atoms with Gasteiger partial charge in [0, 0.05) is 22.9 Å². The molecule has 0 spiro atoms. The van der Waals surface area contributed by atoms with Crippen molar-refractivity contribution in [3.05, 3.63) is 29.1 Å². The van der Waals surface area contributed by atoms with E-state index in [0.29, 0.717) is 5.92 Å². The third kappa shape index (κ3) is 3.06. The van der Waals surface area contributed by atoms with Crippen molar-refractivity contribution in [2.75, 3.05) is 19.4 Å². The zero-order chi connectivity index (χ0) is 13.8. The fraction of sp³-hybridized carbons (Fsp3) is 0.600. The number of fused-ring (bicyclic) bond motifs is 1. The highest BCUT2D eigenvalue weighted by atomic mass is 32.2. The van der Waals surface area contributed by atoms with Crippen LogP contribution in [-0.4, -0.2) is 19.4 Å². The topological polar surface area (TPSA) is 21.3 Å². The molecule has 106 valence electrons. The lowest BCUT2D eigenvalue weighted by atomic mass is 9.91. The van der Waals surface area contributed by atoms with E-state index in [2.05, 4.69) is 19.2 Å². The molecule has 1 aliphatic rings. The summed E-state index contributed by atoms with van der Waals surface area (Å²) in [5.74, 6) is 2.98. The number of methoxy groups -OCH3 is 1. The second kappa shape index (κ2) is 6.62. The third-order valence-electron chi connectivity index (χ3n) is 3.60. The SMILES string of the molecule is CCCNC1c2c(F)ccc(OC)c2CSCC1C. The van der Waals surface area contributed by atoms with Gasteiger partial charge in [0.25, 0.3) is 0 Å². The maximum absolute atomic E-state index is 14.3. The van der Waals surface area contributed by atoms with E-state index in [0.717, 1.165) is 41.3 Å². The predicted molar refractivity (Wildman–Crippen MR) is 79.3 cm³/mol. The summed E-state index contributed by atoms with van der Waals surface area (Å²) < 4.78 is 19.7. The van der Waals surface area contributed by atoms with Crippen LogP contribution in [0, 0.1) is 11.7 Å². The molecule has 0 aromatic heterocycles. The summed E-state index contributed by atoms with van der Waals surface area (Å²) in [7, 11) is 1.65. The number of hydrogen-bond acceptors (Lipinski definition) is 3. The maximum atomic E-state index is 14.3. The summed E-state index contributed by atoms with van der Waals surface area (Å²) in [5.41, 5.74) is 1.83. The molecule has 1 heterocycles. The Bertz CT molecular complexity index is 438. The first-order chi connectivity index (χ1) is 9.19. The molecule has 2 rings (SSSR count). The molecule has 0 saturated carbocycles. The Hall–Kier alpha value is -0.740. The molecule has 2 atom stereocenters. The monoisotopic (exact) mass is 283 g/mol. The van der Waals surface area contributed by atoms with Gasteiger partial charge in [-0.15, -0.1) is 0 Å². The summed E-state index contributed by atoms with van der Waals surface area (Å²) in [5, 5.41) is 3.50. The second-order valence-electron chi connectivity index (χ2n) is 5.07. The van der Waals surface area contributed by atoms with Crippen LogP contribution in [0.15, 0.2) is 12.1 Å². The van der Waals surface area contributed by atoms with Gasteiger partial charge in [-0.25, -0.2) is 4.39 Å². The maximum Gasteiger partial charge on any atom is 0.128 e. The first kappa shape index (κ1) is 14.7. The molecule has 1 aliphatic heterocycles. The predicted octanol–water partition coefficient (Wildman–Crippen LogP) is 3.76. The van der Waals surface area contributed by atoms with E-state index >= 15 is 0 Å². The lowest BCUT2D eigenvalue weighted by molar-refractivity contribution is 0.388. The van der Waals surface area contributed by atoms with Gasteiger partial charge in [0.1, 0.15) is 11.6 Å². The van der Waals surface area contributed by atoms with E-state index in [9.17, 15) is 4.39 Å². The van der Waals surface area contributed by atoms with Gasteiger partial charge in [-0.3, -0.25) is 0 Å². The number of rotatable bonds is 4. The highest BCUT2D eigenvalue weighted by molar-refractivity contribution is 7.98. The van der Waals surface area contributed by atoms with Crippen molar-refractivity contribution >= 4 is 11.8 Å². The number of halogens is 1. The van der Waals surface area contributed by atoms with Gasteiger partial charge < -0.3 is 10.1 Å². The number of thioether (sulfide) groups is 1. The molecule has 2 nitrogen and oxygen atoms in total. The summed E-state index contributed by atoms with van der Waals surface area (Å²) in [4.78, 5) is 0. The van der Waals surface area contributed by atoms with Crippen LogP contribution in [0.1, 0.15) is 37.4 Å². The number of ether oxygens (including phenoxy) is 1. The molecule has 0 fully saturated rings. The zero-order valence-electron chi connectivity index (χ0n) is 11.8. The van der Waals surface area contributed by atoms with Crippen LogP contribution in [0.2, 0.25) is 0 Å². The van der Waals surface area contributed by atoms with E-state index in [4.69, 9.17) is 4.74 Å². The van der Waals surface area contributed by atoms with E-state index in [1.165, 1.54) is 6.07 Å². The molecule has 2 unspecified atom stereocenters. The van der Waals surface area contributed by atoms with E-state index in [1.54, 1.807) is 13.2 Å². The lowest BCUT2D eigenvalue weighted by Crippen LogP contribution is -2.29. The van der Waals surface area contributed by atoms with Crippen molar-refractivity contribution in [3.63, 3.8) is 0 Å². The van der Waals surface area contributed by atoms with E-state index < -0.39 is 0 Å². The Balaban J connectivity index is 2.45. The smallest absolute Gasteiger partial charge is 0.128 e. The van der Waals surface area contributed by atoms with Crippen LogP contribution in [0.25, 0.3) is 0 Å². The molecular formula is C15H22FNOS. The Morgan fingerprint density at radius 2 is 2.26 bits per heavy atom. The molecule has 0 aliphatic carbocycles. The normalized spacial score (nSPS) is 22.7. The highest BCUT2D eigenvalue weighted by Gasteiger charge is 2.29. The quantitative estimate of drug-likeness (QED) is 0.909. The van der Waals surface area contributed by atoms with Crippen LogP contribution in [0.4, 0.5) is 4.39 Å². The van der Waals surface area contributed by atoms with Crippen molar-refractivity contribution in [1.29, 1.82) is 0 Å². The van der Waals surface area contributed by atoms with Crippen LogP contribution in [-0.2, 0) is 5.75 Å². The van der Waals surface area contributed by atoms with Crippen molar-refractivity contribution in [2.45, 2.75) is 32.1 Å². The molecule has 0 bridgehead atoms. The molecule has 0 saturated heterocycles. The minimum Gasteiger partial charge on any atom is -0.496 e. The summed E-state index contributed by atoms with van der Waals surface area (Å²) in [6.45, 7) is 5.23. The summed E-state index contributed by atoms with van der Waals surface area (Å²) >= 11 is 1.86. The minimum atomic E-state index is -0.112. The highest BCUT2D eigenvalue weighted by Crippen LogP contribution is 2.39. The summed E-state index contributed by atoms with van der Waals surface area (Å²) in [6.07, 6.45) is 1.05. The Morgan fingerprint density at radius 3 is 2.95 bits per heavy atom. The molecule has 4 heteroatoms. The van der Waals surface area contributed by atoms with E-state index in [-0.39, 0.29) is 11.9 Å². The van der Waals surface area contributed by atoms with Crippen molar-refractivity contribution in [2.24, 2.45) is 5.92 Å². The van der Waals surface area contributed by atoms with Gasteiger partial charge in [0.15, 0.2) is 0 Å². The number of nitrogens with one attached hydrogen (secondary N) is 1. The average Bonchev–Trinajstić information content (AvgIpc) is 2.57. The van der Waals surface area contributed by atoms with Gasteiger partial charge >= 0.3 is 0 Å². The molecule has 1 aromatic rings. The first-order valence-corrected chi connectivity index (χ1v) is 8.00. The van der Waals surface area contributed by atoms with Gasteiger partial charge in [-0.1, -0.05) is 13.8 Å². The fourth-order valence-electron chi connectivity index (χ4n) is 2.62. The van der Waals surface area contributed by atoms with E-state index in [1.807, 2.05) is 11.8 Å². The molecule has 1 N–H and O–H groups in total. The average molecular weight is 283 g/mol. The molecule has 1 aromatic carbocycles. The Morgan fingerprint density at radius 1 is 1.47 bits per heavy atom. The van der Waals surface area contributed by atoms with Gasteiger partial charge in [0.05, 0.1) is 7.11 Å². The summed E-state index contributed by atoms with van der Waals surface area (Å²) in [6, 6.07) is 3.35. The zero-order valence-corrected chi connectivity index (χ0v) is 12.6. The van der Waals surface area contributed by atoms with Gasteiger partial charge in [0.2, 0.25) is 0 Å². The Kier molecular flexibility index (Phi) is 5.11. The van der Waals surface area contributed by atoms with Crippen molar-refractivity contribution in [1.82, 2.24) is 5.32 Å². The van der Waals surface area contributed by atoms with Crippen LogP contribution in [0.3, 0.4) is 0 Å². The number of benzene rings is 1. The molecular weight excluding hydrogens is 261 g/mol. The van der Waals surface area contributed by atoms with Crippen LogP contribution in [0.5, 0.6) is 5.75 Å². The molecule has 19 heavy (non-hydrogen) atoms. The largest absolute Gasteiger partial charge is 0.496 e. The second-order valence-corrected chi connectivity index (χ2v) is 6.10. The van der Waals surface area contributed by atoms with Gasteiger partial charge in [-0.2, -0.15) is 11.8 Å². The minimum absolute atomic E-state index is 0.0834. The molecule has 0 radical (unpaired) electrons. The fourth-order valence-corrected chi connectivity index (χ4v) is 3.81. The van der Waals surface area contributed by atoms with Crippen LogP contribution < -0.4 is 10.1 Å². The molecule has 0 amide bonds. The first-order valence-electron chi connectivity index (χ1n) is 6.85. The lowest BCUT2D eigenvalue weighted by Gasteiger charge is -2.25. The number of hydrogen-bond donors (Lipinski definition) is 1. The van der Waals surface area contributed by atoms with Crippen molar-refractivity contribution in [3.8, 4) is 5.75 Å². The van der Waals surface area contributed by atoms with Gasteiger partial charge in [-0.05, 0) is 36.8 Å². The van der Waals surface area contributed by atoms with Crippen LogP contribution >= 0.6 is 11.8 Å².